The Morgan fingerprint density at radius 1 is 0.872 bits per heavy atom. The molecule has 0 aliphatic rings. The molecule has 1 heterocycles. The molecule has 0 fully saturated rings. The largest absolute Gasteiger partial charge is 0.480 e. The minimum atomic E-state index is -1.26. The van der Waals surface area contributed by atoms with Crippen LogP contribution in [0.4, 0.5) is 0 Å². The second kappa shape index (κ2) is 14.6. The first-order chi connectivity index (χ1) is 18.8. The first-order valence-electron chi connectivity index (χ1n) is 12.4. The molecule has 4 N–H and O–H groups in total. The molecule has 3 rings (SSSR count). The van der Waals surface area contributed by atoms with Crippen LogP contribution in [0.1, 0.15) is 24.4 Å². The second-order valence-electron chi connectivity index (χ2n) is 8.88. The van der Waals surface area contributed by atoms with Gasteiger partial charge in [-0.3, -0.25) is 14.4 Å². The number of amides is 2. The molecular weight excluding hydrogens is 540 g/mol. The number of carbonyl (C=O) groups excluding carboxylic acids is 2. The number of nitrogens with zero attached hydrogens (tertiary/aromatic N) is 1. The predicted molar refractivity (Wildman–Crippen MR) is 156 cm³/mol. The number of aromatic amines is 1. The van der Waals surface area contributed by atoms with Crippen molar-refractivity contribution in [1.82, 2.24) is 20.2 Å². The summed E-state index contributed by atoms with van der Waals surface area (Å²) in [6.07, 6.45) is 4.17. The van der Waals surface area contributed by atoms with E-state index in [2.05, 4.69) is 15.6 Å². The van der Waals surface area contributed by atoms with Gasteiger partial charge in [0.25, 0.3) is 5.56 Å². The van der Waals surface area contributed by atoms with Gasteiger partial charge in [0.15, 0.2) is 0 Å². The van der Waals surface area contributed by atoms with Crippen LogP contribution in [0.15, 0.2) is 64.2 Å². The minimum absolute atomic E-state index is 0.0241. The molecule has 0 aliphatic carbocycles. The third-order valence-corrected chi connectivity index (χ3v) is 7.48. The molecule has 0 unspecified atom stereocenters. The molecule has 0 saturated heterocycles. The van der Waals surface area contributed by atoms with Crippen LogP contribution in [0.5, 0.6) is 0 Å². The lowest BCUT2D eigenvalue weighted by Crippen LogP contribution is -2.54. The van der Waals surface area contributed by atoms with E-state index in [0.29, 0.717) is 22.6 Å². The lowest BCUT2D eigenvalue weighted by atomic mass is 10.0. The summed E-state index contributed by atoms with van der Waals surface area (Å²) in [5.74, 6) is -1.45. The molecule has 0 bridgehead atoms. The number of carboxylic acids is 1. The highest BCUT2D eigenvalue weighted by atomic mass is 32.2. The van der Waals surface area contributed by atoms with Gasteiger partial charge in [-0.1, -0.05) is 42.5 Å². The van der Waals surface area contributed by atoms with Gasteiger partial charge < -0.3 is 20.7 Å². The summed E-state index contributed by atoms with van der Waals surface area (Å²) >= 11 is 2.93. The van der Waals surface area contributed by atoms with E-state index in [9.17, 15) is 29.1 Å². The number of aliphatic carboxylic acids is 1. The number of carbonyl (C=O) groups is 3. The average molecular weight is 573 g/mol. The summed E-state index contributed by atoms with van der Waals surface area (Å²) < 4.78 is 0.882. The Bertz CT molecular complexity index is 1410. The van der Waals surface area contributed by atoms with Crippen LogP contribution in [0.25, 0.3) is 10.9 Å². The van der Waals surface area contributed by atoms with Crippen molar-refractivity contribution in [2.24, 2.45) is 0 Å². The summed E-state index contributed by atoms with van der Waals surface area (Å²) in [7, 11) is 0. The van der Waals surface area contributed by atoms with E-state index in [0.717, 1.165) is 4.57 Å². The molecule has 0 aliphatic heterocycles. The molecule has 0 radical (unpaired) electrons. The second-order valence-corrected chi connectivity index (χ2v) is 10.9. The Morgan fingerprint density at radius 3 is 2.10 bits per heavy atom. The Kier molecular flexibility index (Phi) is 11.2. The van der Waals surface area contributed by atoms with E-state index in [4.69, 9.17) is 0 Å². The number of hydrogen-bond donors (Lipinski definition) is 4. The van der Waals surface area contributed by atoms with Gasteiger partial charge in [0, 0.05) is 6.42 Å². The summed E-state index contributed by atoms with van der Waals surface area (Å²) in [5, 5.41) is 15.0. The predicted octanol–water partition coefficient (Wildman–Crippen LogP) is 2.03. The van der Waals surface area contributed by atoms with Crippen molar-refractivity contribution in [1.29, 1.82) is 0 Å². The molecule has 3 atom stereocenters. The first kappa shape index (κ1) is 30.0. The summed E-state index contributed by atoms with van der Waals surface area (Å²) in [5.41, 5.74) is -0.309. The van der Waals surface area contributed by atoms with Gasteiger partial charge in [0.05, 0.1) is 10.9 Å². The molecule has 0 spiro atoms. The Morgan fingerprint density at radius 2 is 1.46 bits per heavy atom. The van der Waals surface area contributed by atoms with Crippen LogP contribution in [0.3, 0.4) is 0 Å². The third kappa shape index (κ3) is 7.99. The van der Waals surface area contributed by atoms with Crippen LogP contribution in [-0.2, 0) is 20.8 Å². The van der Waals surface area contributed by atoms with E-state index in [1.807, 2.05) is 18.6 Å². The maximum atomic E-state index is 13.7. The maximum Gasteiger partial charge on any atom is 0.329 e. The van der Waals surface area contributed by atoms with Crippen molar-refractivity contribution in [2.75, 3.05) is 24.0 Å². The number of aromatic nitrogens is 2. The Balaban J connectivity index is 1.97. The van der Waals surface area contributed by atoms with Crippen LogP contribution in [0, 0.1) is 0 Å². The number of carboxylic acid groups (broad SMARTS) is 1. The van der Waals surface area contributed by atoms with Gasteiger partial charge in [-0.15, -0.1) is 0 Å². The fourth-order valence-electron chi connectivity index (χ4n) is 4.14. The molecule has 208 valence electrons. The normalized spacial score (nSPS) is 13.4. The average Bonchev–Trinajstić information content (AvgIpc) is 2.92. The summed E-state index contributed by atoms with van der Waals surface area (Å²) in [6, 6.07) is 12.0. The smallest absolute Gasteiger partial charge is 0.329 e. The quantitative estimate of drug-likeness (QED) is 0.229. The number of H-pyrrole nitrogens is 1. The highest BCUT2D eigenvalue weighted by Crippen LogP contribution is 2.15. The van der Waals surface area contributed by atoms with E-state index < -0.39 is 47.2 Å². The van der Waals surface area contributed by atoms with Crippen molar-refractivity contribution < 1.29 is 19.5 Å². The van der Waals surface area contributed by atoms with Crippen molar-refractivity contribution in [3.05, 3.63) is 81.0 Å². The summed E-state index contributed by atoms with van der Waals surface area (Å²) in [4.78, 5) is 67.7. The standard InChI is InChI=1S/C27H32N4O6S2/c1-38-14-12-20(23(32)29-21(26(35)36)13-15-39-2)28-24(33)22(16-17-8-4-3-5-9-17)31-25(34)18-10-6-7-11-19(18)30-27(31)37/h3-11,20-22H,12-16H2,1-2H3,(H,28,33)(H,29,32)(H,30,37)(H,35,36)/t20-,21+,22-/m0/s1. The highest BCUT2D eigenvalue weighted by Gasteiger charge is 2.31. The molecule has 12 heteroatoms. The number of thioether (sulfide) groups is 2. The molecule has 2 amide bonds. The number of rotatable bonds is 14. The maximum absolute atomic E-state index is 13.7. The number of hydrogen-bond acceptors (Lipinski definition) is 7. The topological polar surface area (TPSA) is 150 Å². The Labute approximate surface area is 234 Å². The van der Waals surface area contributed by atoms with Crippen molar-refractivity contribution in [3.63, 3.8) is 0 Å². The van der Waals surface area contributed by atoms with Crippen LogP contribution in [-0.4, -0.2) is 68.5 Å². The van der Waals surface area contributed by atoms with Gasteiger partial charge in [-0.2, -0.15) is 23.5 Å². The molecule has 10 nitrogen and oxygen atoms in total. The fraction of sp³-hybridized carbons (Fsp3) is 0.370. The molecule has 39 heavy (non-hydrogen) atoms. The number of nitrogens with one attached hydrogen (secondary N) is 3. The summed E-state index contributed by atoms with van der Waals surface area (Å²) in [6.45, 7) is 0. The Hall–Kier alpha value is -3.51. The van der Waals surface area contributed by atoms with Crippen molar-refractivity contribution in [2.45, 2.75) is 37.4 Å². The highest BCUT2D eigenvalue weighted by molar-refractivity contribution is 7.98. The van der Waals surface area contributed by atoms with Crippen LogP contribution in [0.2, 0.25) is 0 Å². The SMILES string of the molecule is CSCC[C@H](NC(=O)[C@H](Cc1ccccc1)n1c(=O)[nH]c2ccccc2c1=O)C(=O)N[C@H](CCSC)C(=O)O. The van der Waals surface area contributed by atoms with Crippen LogP contribution < -0.4 is 21.9 Å². The molecule has 2 aromatic carbocycles. The fourth-order valence-corrected chi connectivity index (χ4v) is 5.08. The van der Waals surface area contributed by atoms with Gasteiger partial charge in [0.1, 0.15) is 18.1 Å². The molecule has 0 saturated carbocycles. The van der Waals surface area contributed by atoms with Gasteiger partial charge in [-0.05, 0) is 54.6 Å². The monoisotopic (exact) mass is 572 g/mol. The third-order valence-electron chi connectivity index (χ3n) is 6.19. The minimum Gasteiger partial charge on any atom is -0.480 e. The lowest BCUT2D eigenvalue weighted by Gasteiger charge is -2.25. The van der Waals surface area contributed by atoms with Gasteiger partial charge in [-0.25, -0.2) is 14.2 Å². The van der Waals surface area contributed by atoms with E-state index in [1.165, 1.54) is 23.5 Å². The van der Waals surface area contributed by atoms with E-state index in [-0.39, 0.29) is 24.6 Å². The number of benzene rings is 2. The number of fused-ring (bicyclic) bond motifs is 1. The number of para-hydroxylation sites is 1. The zero-order valence-corrected chi connectivity index (χ0v) is 23.3. The molecular formula is C27H32N4O6S2. The first-order valence-corrected chi connectivity index (χ1v) is 15.1. The van der Waals surface area contributed by atoms with E-state index >= 15 is 0 Å². The zero-order chi connectivity index (χ0) is 28.4. The van der Waals surface area contributed by atoms with E-state index in [1.54, 1.807) is 48.5 Å². The van der Waals surface area contributed by atoms with Gasteiger partial charge in [0.2, 0.25) is 11.8 Å². The van der Waals surface area contributed by atoms with Crippen molar-refractivity contribution in [3.8, 4) is 0 Å². The van der Waals surface area contributed by atoms with Crippen LogP contribution >= 0.6 is 23.5 Å². The van der Waals surface area contributed by atoms with Crippen molar-refractivity contribution >= 4 is 52.2 Å². The molecule has 3 aromatic rings. The lowest BCUT2D eigenvalue weighted by molar-refractivity contribution is -0.142. The zero-order valence-electron chi connectivity index (χ0n) is 21.7. The molecule has 1 aromatic heterocycles. The van der Waals surface area contributed by atoms with Gasteiger partial charge >= 0.3 is 11.7 Å².